The van der Waals surface area contributed by atoms with Crippen molar-refractivity contribution in [2.24, 2.45) is 0 Å². The smallest absolute Gasteiger partial charge is 0.174 e. The van der Waals surface area contributed by atoms with Gasteiger partial charge in [0.1, 0.15) is 23.4 Å². The molecule has 0 aliphatic rings. The van der Waals surface area contributed by atoms with E-state index in [1.54, 1.807) is 25.6 Å². The van der Waals surface area contributed by atoms with Gasteiger partial charge in [-0.1, -0.05) is 0 Å². The van der Waals surface area contributed by atoms with Crippen LogP contribution in [-0.2, 0) is 0 Å². The van der Waals surface area contributed by atoms with Gasteiger partial charge in [-0.2, -0.15) is 5.26 Å². The molecule has 0 aliphatic carbocycles. The Bertz CT molecular complexity index is 787. The van der Waals surface area contributed by atoms with E-state index in [1.165, 1.54) is 0 Å². The summed E-state index contributed by atoms with van der Waals surface area (Å²) in [5, 5.41) is 8.69. The van der Waals surface area contributed by atoms with Gasteiger partial charge >= 0.3 is 0 Å². The number of pyridine rings is 1. The number of hydrogen-bond donors (Lipinski definition) is 1. The number of nitriles is 1. The summed E-state index contributed by atoms with van der Waals surface area (Å²) in [7, 11) is 1.58. The number of fused-ring (bicyclic) bond motifs is 1. The Morgan fingerprint density at radius 2 is 2.24 bits per heavy atom. The first kappa shape index (κ1) is 12.9. The molecule has 21 heavy (non-hydrogen) atoms. The largest absolute Gasteiger partial charge is 0.497 e. The van der Waals surface area contributed by atoms with Crippen molar-refractivity contribution in [2.75, 3.05) is 13.7 Å². The topological polar surface area (TPSA) is 83.8 Å². The fourth-order valence-corrected chi connectivity index (χ4v) is 2.04. The first-order chi connectivity index (χ1) is 10.3. The summed E-state index contributed by atoms with van der Waals surface area (Å²) in [6.45, 7) is -0.0397. The molecule has 1 N–H and O–H groups in total. The second-order valence-electron chi connectivity index (χ2n) is 4.29. The molecule has 1 aromatic carbocycles. The van der Waals surface area contributed by atoms with Crippen LogP contribution in [0.4, 0.5) is 0 Å². The minimum absolute atomic E-state index is 0.0397. The maximum absolute atomic E-state index is 8.69. The number of nitrogens with one attached hydrogen (secondary N) is 1. The Balaban J connectivity index is 2.09. The lowest BCUT2D eigenvalue weighted by atomic mass is 10.2. The van der Waals surface area contributed by atoms with Gasteiger partial charge in [0.15, 0.2) is 6.61 Å². The molecule has 0 unspecified atom stereocenters. The average Bonchev–Trinajstić information content (AvgIpc) is 2.96. The van der Waals surface area contributed by atoms with Crippen LogP contribution in [0.3, 0.4) is 0 Å². The molecule has 0 aliphatic heterocycles. The van der Waals surface area contributed by atoms with Crippen LogP contribution in [0.1, 0.15) is 0 Å². The molecular weight excluding hydrogens is 268 g/mol. The highest BCUT2D eigenvalue weighted by molar-refractivity contribution is 5.80. The molecule has 0 saturated carbocycles. The lowest BCUT2D eigenvalue weighted by molar-refractivity contribution is 0.362. The Hall–Kier alpha value is -3.07. The Labute approximate surface area is 121 Å². The fraction of sp³-hybridized carbons (Fsp3) is 0.133. The van der Waals surface area contributed by atoms with E-state index in [9.17, 15) is 0 Å². The molecule has 2 aromatic heterocycles. The molecule has 3 aromatic rings. The van der Waals surface area contributed by atoms with Gasteiger partial charge in [-0.3, -0.25) is 4.98 Å². The summed E-state index contributed by atoms with van der Waals surface area (Å²) in [4.78, 5) is 11.8. The second-order valence-corrected chi connectivity index (χ2v) is 4.29. The van der Waals surface area contributed by atoms with E-state index in [2.05, 4.69) is 15.0 Å². The van der Waals surface area contributed by atoms with E-state index in [4.69, 9.17) is 14.7 Å². The Morgan fingerprint density at radius 1 is 1.33 bits per heavy atom. The number of benzene rings is 1. The van der Waals surface area contributed by atoms with Gasteiger partial charge in [-0.25, -0.2) is 4.98 Å². The van der Waals surface area contributed by atoms with E-state index < -0.39 is 0 Å². The number of rotatable bonds is 4. The predicted octanol–water partition coefficient (Wildman–Crippen LogP) is 2.54. The zero-order valence-electron chi connectivity index (χ0n) is 11.3. The van der Waals surface area contributed by atoms with Gasteiger partial charge in [-0.05, 0) is 18.2 Å². The molecular formula is C15H12N4O2. The Morgan fingerprint density at radius 3 is 3.00 bits per heavy atom. The molecule has 0 amide bonds. The van der Waals surface area contributed by atoms with Gasteiger partial charge in [0.05, 0.1) is 29.9 Å². The second kappa shape index (κ2) is 5.51. The van der Waals surface area contributed by atoms with Crippen molar-refractivity contribution in [3.8, 4) is 29.0 Å². The minimum Gasteiger partial charge on any atom is -0.497 e. The van der Waals surface area contributed by atoms with Crippen molar-refractivity contribution < 1.29 is 9.47 Å². The molecule has 6 nitrogen and oxygen atoms in total. The van der Waals surface area contributed by atoms with Gasteiger partial charge in [0.25, 0.3) is 0 Å². The van der Waals surface area contributed by atoms with E-state index in [0.29, 0.717) is 17.3 Å². The zero-order valence-corrected chi connectivity index (χ0v) is 11.3. The van der Waals surface area contributed by atoms with Gasteiger partial charge < -0.3 is 14.5 Å². The van der Waals surface area contributed by atoms with Crippen LogP contribution in [0.5, 0.6) is 11.5 Å². The number of nitrogens with zero attached hydrogens (tertiary/aromatic N) is 3. The number of H-pyrrole nitrogens is 1. The quantitative estimate of drug-likeness (QED) is 0.794. The Kier molecular flexibility index (Phi) is 3.39. The highest BCUT2D eigenvalue weighted by Crippen LogP contribution is 2.32. The van der Waals surface area contributed by atoms with Crippen molar-refractivity contribution in [1.82, 2.24) is 15.0 Å². The van der Waals surface area contributed by atoms with Crippen LogP contribution in [-0.4, -0.2) is 28.7 Å². The number of imidazole rings is 1. The van der Waals surface area contributed by atoms with Gasteiger partial charge in [0, 0.05) is 12.3 Å². The number of ether oxygens (including phenoxy) is 2. The summed E-state index contributed by atoms with van der Waals surface area (Å²) >= 11 is 0. The third-order valence-electron chi connectivity index (χ3n) is 3.02. The molecule has 0 atom stereocenters. The van der Waals surface area contributed by atoms with Crippen molar-refractivity contribution in [1.29, 1.82) is 5.26 Å². The number of aromatic amines is 1. The summed E-state index contributed by atoms with van der Waals surface area (Å²) in [6.07, 6.45) is 3.40. The van der Waals surface area contributed by atoms with E-state index >= 15 is 0 Å². The number of methoxy groups -OCH3 is 1. The van der Waals surface area contributed by atoms with Gasteiger partial charge in [0.2, 0.25) is 0 Å². The maximum Gasteiger partial charge on any atom is 0.174 e. The normalized spacial score (nSPS) is 10.3. The predicted molar refractivity (Wildman–Crippen MR) is 77.0 cm³/mol. The van der Waals surface area contributed by atoms with Crippen LogP contribution < -0.4 is 9.47 Å². The van der Waals surface area contributed by atoms with E-state index in [1.807, 2.05) is 24.3 Å². The van der Waals surface area contributed by atoms with Crippen molar-refractivity contribution in [3.63, 3.8) is 0 Å². The number of aromatic nitrogens is 3. The maximum atomic E-state index is 8.69. The van der Waals surface area contributed by atoms with E-state index in [0.717, 1.165) is 16.6 Å². The standard InChI is InChI=1S/C15H12N4O2/c1-20-10-2-3-11(14(8-10)21-7-5-16)15-18-12-4-6-17-9-13(12)19-15/h2-4,6,8-9H,7H2,1H3,(H,18,19). The van der Waals surface area contributed by atoms with Crippen molar-refractivity contribution in [2.45, 2.75) is 0 Å². The first-order valence-corrected chi connectivity index (χ1v) is 6.29. The third-order valence-corrected chi connectivity index (χ3v) is 3.02. The first-order valence-electron chi connectivity index (χ1n) is 6.29. The van der Waals surface area contributed by atoms with Crippen LogP contribution in [0.2, 0.25) is 0 Å². The zero-order chi connectivity index (χ0) is 14.7. The number of hydrogen-bond acceptors (Lipinski definition) is 5. The van der Waals surface area contributed by atoms with Gasteiger partial charge in [-0.15, -0.1) is 0 Å². The molecule has 104 valence electrons. The monoisotopic (exact) mass is 280 g/mol. The SMILES string of the molecule is COc1ccc(-c2nc3ccncc3[nH]2)c(OCC#N)c1. The van der Waals surface area contributed by atoms with E-state index in [-0.39, 0.29) is 6.61 Å². The fourth-order valence-electron chi connectivity index (χ4n) is 2.04. The highest BCUT2D eigenvalue weighted by Gasteiger charge is 2.12. The molecule has 0 saturated heterocycles. The summed E-state index contributed by atoms with van der Waals surface area (Å²) in [6, 6.07) is 9.18. The molecule has 0 bridgehead atoms. The van der Waals surface area contributed by atoms with Crippen LogP contribution in [0.15, 0.2) is 36.7 Å². The molecule has 0 radical (unpaired) electrons. The van der Waals surface area contributed by atoms with Crippen molar-refractivity contribution in [3.05, 3.63) is 36.7 Å². The summed E-state index contributed by atoms with van der Waals surface area (Å²) < 4.78 is 10.6. The molecule has 3 rings (SSSR count). The van der Waals surface area contributed by atoms with Crippen LogP contribution >= 0.6 is 0 Å². The lowest BCUT2D eigenvalue weighted by Crippen LogP contribution is -1.97. The minimum atomic E-state index is -0.0397. The average molecular weight is 280 g/mol. The van der Waals surface area contributed by atoms with Crippen LogP contribution in [0, 0.1) is 11.3 Å². The molecule has 6 heteroatoms. The third kappa shape index (κ3) is 2.49. The lowest BCUT2D eigenvalue weighted by Gasteiger charge is -2.09. The van der Waals surface area contributed by atoms with Crippen molar-refractivity contribution >= 4 is 11.0 Å². The molecule has 0 spiro atoms. The van der Waals surface area contributed by atoms with Crippen LogP contribution in [0.25, 0.3) is 22.4 Å². The highest BCUT2D eigenvalue weighted by atomic mass is 16.5. The summed E-state index contributed by atoms with van der Waals surface area (Å²) in [5.41, 5.74) is 2.43. The molecule has 2 heterocycles. The molecule has 0 fully saturated rings. The summed E-state index contributed by atoms with van der Waals surface area (Å²) in [5.74, 6) is 1.86.